The van der Waals surface area contributed by atoms with Crippen LogP contribution in [0.1, 0.15) is 32.1 Å². The van der Waals surface area contributed by atoms with Crippen LogP contribution < -0.4 is 0 Å². The first-order valence-corrected chi connectivity index (χ1v) is 5.96. The van der Waals surface area contributed by atoms with E-state index in [1.165, 1.54) is 18.4 Å². The van der Waals surface area contributed by atoms with Crippen LogP contribution in [-0.4, -0.2) is 29.7 Å². The molecule has 1 heterocycles. The van der Waals surface area contributed by atoms with Crippen LogP contribution in [-0.2, 0) is 9.53 Å². The molecule has 0 fully saturated rings. The fourth-order valence-corrected chi connectivity index (χ4v) is 2.21. The lowest BCUT2D eigenvalue weighted by atomic mass is 9.93. The second-order valence-corrected chi connectivity index (χ2v) is 4.42. The van der Waals surface area contributed by atoms with Gasteiger partial charge in [-0.1, -0.05) is 11.6 Å². The SMILES string of the molecule is O=C1C=C[C@@H](CO)O[C@@H]1CC1=CCCCC1. The minimum absolute atomic E-state index is 0.0242. The highest BCUT2D eigenvalue weighted by Gasteiger charge is 2.25. The Labute approximate surface area is 95.8 Å². The second-order valence-electron chi connectivity index (χ2n) is 4.42. The van der Waals surface area contributed by atoms with Crippen LogP contribution in [0.2, 0.25) is 0 Å². The molecule has 0 saturated heterocycles. The summed E-state index contributed by atoms with van der Waals surface area (Å²) in [5.41, 5.74) is 1.33. The first kappa shape index (κ1) is 11.6. The summed E-state index contributed by atoms with van der Waals surface area (Å²) in [6.45, 7) is -0.0562. The van der Waals surface area contributed by atoms with Gasteiger partial charge in [-0.3, -0.25) is 4.79 Å². The third-order valence-electron chi connectivity index (χ3n) is 3.14. The van der Waals surface area contributed by atoms with Crippen molar-refractivity contribution >= 4 is 5.78 Å². The zero-order chi connectivity index (χ0) is 11.4. The van der Waals surface area contributed by atoms with Gasteiger partial charge in [-0.2, -0.15) is 0 Å². The van der Waals surface area contributed by atoms with Crippen molar-refractivity contribution in [3.8, 4) is 0 Å². The van der Waals surface area contributed by atoms with Gasteiger partial charge in [0.15, 0.2) is 5.78 Å². The molecule has 88 valence electrons. The molecule has 1 N–H and O–H groups in total. The van der Waals surface area contributed by atoms with Crippen molar-refractivity contribution in [1.29, 1.82) is 0 Å². The summed E-state index contributed by atoms with van der Waals surface area (Å²) in [6, 6.07) is 0. The molecule has 3 heteroatoms. The third kappa shape index (κ3) is 2.80. The molecule has 1 aliphatic heterocycles. The minimum Gasteiger partial charge on any atom is -0.393 e. The van der Waals surface area contributed by atoms with E-state index in [1.54, 1.807) is 12.2 Å². The number of carbonyl (C=O) groups is 1. The van der Waals surface area contributed by atoms with E-state index in [9.17, 15) is 4.79 Å². The van der Waals surface area contributed by atoms with E-state index in [4.69, 9.17) is 9.84 Å². The van der Waals surface area contributed by atoms with Crippen molar-refractivity contribution in [2.75, 3.05) is 6.61 Å². The molecule has 16 heavy (non-hydrogen) atoms. The molecular weight excluding hydrogens is 204 g/mol. The van der Waals surface area contributed by atoms with Crippen LogP contribution in [0.4, 0.5) is 0 Å². The summed E-state index contributed by atoms with van der Waals surface area (Å²) < 4.78 is 5.52. The Morgan fingerprint density at radius 2 is 2.31 bits per heavy atom. The van der Waals surface area contributed by atoms with Crippen molar-refractivity contribution in [1.82, 2.24) is 0 Å². The lowest BCUT2D eigenvalue weighted by Gasteiger charge is -2.25. The molecule has 2 aliphatic rings. The number of ketones is 1. The molecule has 0 spiro atoms. The van der Waals surface area contributed by atoms with Gasteiger partial charge in [0.05, 0.1) is 6.61 Å². The van der Waals surface area contributed by atoms with Crippen LogP contribution >= 0.6 is 0 Å². The van der Waals surface area contributed by atoms with Gasteiger partial charge in [0.2, 0.25) is 0 Å². The van der Waals surface area contributed by atoms with E-state index in [2.05, 4.69) is 6.08 Å². The van der Waals surface area contributed by atoms with Crippen LogP contribution in [0.3, 0.4) is 0 Å². The monoisotopic (exact) mass is 222 g/mol. The first-order chi connectivity index (χ1) is 7.79. The van der Waals surface area contributed by atoms with Crippen molar-refractivity contribution in [3.05, 3.63) is 23.8 Å². The summed E-state index contributed by atoms with van der Waals surface area (Å²) in [7, 11) is 0. The number of ether oxygens (including phenoxy) is 1. The molecule has 0 unspecified atom stereocenters. The summed E-state index contributed by atoms with van der Waals surface area (Å²) in [5.74, 6) is 0.0242. The van der Waals surface area contributed by atoms with Gasteiger partial charge < -0.3 is 9.84 Å². The van der Waals surface area contributed by atoms with Gasteiger partial charge in [-0.25, -0.2) is 0 Å². The maximum absolute atomic E-state index is 11.6. The maximum atomic E-state index is 11.6. The fraction of sp³-hybridized carbons (Fsp3) is 0.615. The van der Waals surface area contributed by atoms with Gasteiger partial charge in [0.25, 0.3) is 0 Å². The lowest BCUT2D eigenvalue weighted by molar-refractivity contribution is -0.131. The largest absolute Gasteiger partial charge is 0.393 e. The Balaban J connectivity index is 1.96. The number of hydrogen-bond acceptors (Lipinski definition) is 3. The van der Waals surface area contributed by atoms with Crippen molar-refractivity contribution in [2.45, 2.75) is 44.3 Å². The van der Waals surface area contributed by atoms with E-state index in [0.717, 1.165) is 12.8 Å². The van der Waals surface area contributed by atoms with Crippen molar-refractivity contribution < 1.29 is 14.6 Å². The van der Waals surface area contributed by atoms with Gasteiger partial charge in [0.1, 0.15) is 12.2 Å². The molecule has 0 bridgehead atoms. The minimum atomic E-state index is -0.383. The number of carbonyl (C=O) groups excluding carboxylic acids is 1. The molecule has 0 radical (unpaired) electrons. The third-order valence-corrected chi connectivity index (χ3v) is 3.14. The van der Waals surface area contributed by atoms with Crippen molar-refractivity contribution in [2.24, 2.45) is 0 Å². The predicted octanol–water partition coefficient (Wildman–Crippen LogP) is 1.76. The van der Waals surface area contributed by atoms with Crippen LogP contribution in [0.25, 0.3) is 0 Å². The van der Waals surface area contributed by atoms with E-state index in [1.807, 2.05) is 0 Å². The lowest BCUT2D eigenvalue weighted by Crippen LogP contribution is -2.33. The van der Waals surface area contributed by atoms with E-state index >= 15 is 0 Å². The van der Waals surface area contributed by atoms with Crippen LogP contribution in [0.15, 0.2) is 23.8 Å². The van der Waals surface area contributed by atoms with Crippen molar-refractivity contribution in [3.63, 3.8) is 0 Å². The summed E-state index contributed by atoms with van der Waals surface area (Å²) in [5, 5.41) is 9.00. The summed E-state index contributed by atoms with van der Waals surface area (Å²) in [4.78, 5) is 11.6. The quantitative estimate of drug-likeness (QED) is 0.740. The molecule has 0 amide bonds. The normalized spacial score (nSPS) is 30.3. The highest BCUT2D eigenvalue weighted by molar-refractivity contribution is 5.94. The average molecular weight is 222 g/mol. The van der Waals surface area contributed by atoms with E-state index in [0.29, 0.717) is 6.42 Å². The number of rotatable bonds is 3. The fourth-order valence-electron chi connectivity index (χ4n) is 2.21. The molecule has 0 aromatic rings. The molecule has 2 rings (SSSR count). The zero-order valence-electron chi connectivity index (χ0n) is 9.39. The maximum Gasteiger partial charge on any atom is 0.184 e. The van der Waals surface area contributed by atoms with Gasteiger partial charge in [-0.05, 0) is 37.8 Å². The number of aliphatic hydroxyl groups is 1. The number of hydrogen-bond donors (Lipinski definition) is 1. The highest BCUT2D eigenvalue weighted by Crippen LogP contribution is 2.24. The Morgan fingerprint density at radius 3 is 3.00 bits per heavy atom. The average Bonchev–Trinajstić information content (AvgIpc) is 2.33. The summed E-state index contributed by atoms with van der Waals surface area (Å²) >= 11 is 0. The standard InChI is InChI=1S/C13H18O3/c14-9-11-6-7-12(15)13(16-11)8-10-4-2-1-3-5-10/h4,6-7,11,13-14H,1-3,5,8-9H2/t11-,13+/m0/s1. The Kier molecular flexibility index (Phi) is 3.91. The van der Waals surface area contributed by atoms with E-state index < -0.39 is 0 Å². The molecule has 1 aliphatic carbocycles. The highest BCUT2D eigenvalue weighted by atomic mass is 16.5. The molecule has 0 aromatic carbocycles. The van der Waals surface area contributed by atoms with Gasteiger partial charge in [-0.15, -0.1) is 0 Å². The van der Waals surface area contributed by atoms with Gasteiger partial charge >= 0.3 is 0 Å². The Hall–Kier alpha value is -0.930. The predicted molar refractivity (Wildman–Crippen MR) is 61.1 cm³/mol. The topological polar surface area (TPSA) is 46.5 Å². The van der Waals surface area contributed by atoms with Gasteiger partial charge in [0, 0.05) is 6.42 Å². The zero-order valence-corrected chi connectivity index (χ0v) is 9.39. The Morgan fingerprint density at radius 1 is 1.44 bits per heavy atom. The summed E-state index contributed by atoms with van der Waals surface area (Å²) in [6.07, 6.45) is 10.1. The molecule has 2 atom stereocenters. The Bertz CT molecular complexity index is 317. The smallest absolute Gasteiger partial charge is 0.184 e. The molecule has 3 nitrogen and oxygen atoms in total. The number of aliphatic hydroxyl groups excluding tert-OH is 1. The molecular formula is C13H18O3. The van der Waals surface area contributed by atoms with Crippen LogP contribution in [0, 0.1) is 0 Å². The first-order valence-electron chi connectivity index (χ1n) is 5.96. The molecule has 0 aromatic heterocycles. The second kappa shape index (κ2) is 5.41. The molecule has 0 saturated carbocycles. The van der Waals surface area contributed by atoms with E-state index in [-0.39, 0.29) is 24.6 Å². The van der Waals surface area contributed by atoms with Crippen LogP contribution in [0.5, 0.6) is 0 Å². The number of allylic oxidation sites excluding steroid dienone is 1.